The second kappa shape index (κ2) is 8.96. The Morgan fingerprint density at radius 2 is 1.55 bits per heavy atom. The highest BCUT2D eigenvalue weighted by atomic mass is 19.1. The van der Waals surface area contributed by atoms with Crippen LogP contribution in [0.1, 0.15) is 29.2 Å². The summed E-state index contributed by atoms with van der Waals surface area (Å²) < 4.78 is 14.0. The first-order valence-electron chi connectivity index (χ1n) is 10.1. The van der Waals surface area contributed by atoms with Crippen molar-refractivity contribution < 1.29 is 19.1 Å². The summed E-state index contributed by atoms with van der Waals surface area (Å²) in [5.41, 5.74) is 2.32. The molecule has 1 heterocycles. The minimum atomic E-state index is -0.841. The number of aryl methyl sites for hydroxylation is 1. The monoisotopic (exact) mass is 415 g/mol. The lowest BCUT2D eigenvalue weighted by atomic mass is 9.93. The van der Waals surface area contributed by atoms with E-state index in [0.29, 0.717) is 12.0 Å². The van der Waals surface area contributed by atoms with Crippen LogP contribution >= 0.6 is 0 Å². The largest absolute Gasteiger partial charge is 0.503 e. The van der Waals surface area contributed by atoms with Crippen LogP contribution in [0.2, 0.25) is 0 Å². The van der Waals surface area contributed by atoms with Gasteiger partial charge in [-0.15, -0.1) is 0 Å². The molecule has 4 nitrogen and oxygen atoms in total. The molecule has 0 aromatic heterocycles. The van der Waals surface area contributed by atoms with Crippen molar-refractivity contribution in [3.8, 4) is 0 Å². The molecule has 5 heteroatoms. The number of rotatable bonds is 7. The van der Waals surface area contributed by atoms with E-state index in [0.717, 1.165) is 11.1 Å². The Morgan fingerprint density at radius 1 is 0.903 bits per heavy atom. The molecule has 0 bridgehead atoms. The number of hydrogen-bond acceptors (Lipinski definition) is 3. The predicted octanol–water partition coefficient (Wildman–Crippen LogP) is 4.92. The minimum absolute atomic E-state index is 0.0301. The van der Waals surface area contributed by atoms with E-state index < -0.39 is 23.5 Å². The molecule has 0 spiro atoms. The molecule has 1 N–H and O–H groups in total. The fourth-order valence-corrected chi connectivity index (χ4v) is 3.94. The topological polar surface area (TPSA) is 57.6 Å². The maximum Gasteiger partial charge on any atom is 0.290 e. The lowest BCUT2D eigenvalue weighted by molar-refractivity contribution is -0.130. The SMILES string of the molecule is O=C(CCc1ccccc1)C1=C(O)C(=O)N(Cc2ccccc2)C1c1cccc(F)c1. The van der Waals surface area contributed by atoms with E-state index in [1.165, 1.54) is 23.1 Å². The first-order chi connectivity index (χ1) is 15.0. The molecule has 4 rings (SSSR count). The van der Waals surface area contributed by atoms with Gasteiger partial charge < -0.3 is 10.0 Å². The third-order valence-electron chi connectivity index (χ3n) is 5.45. The number of hydrogen-bond donors (Lipinski definition) is 1. The standard InChI is InChI=1S/C26H22FNO3/c27-21-13-7-12-20(16-21)24-23(22(29)15-14-18-8-3-1-4-9-18)25(30)26(31)28(24)17-19-10-5-2-6-11-19/h1-13,16,24,30H,14-15,17H2. The van der Waals surface area contributed by atoms with Gasteiger partial charge in [-0.1, -0.05) is 72.8 Å². The molecule has 0 saturated carbocycles. The molecule has 1 amide bonds. The Morgan fingerprint density at radius 3 is 2.19 bits per heavy atom. The third kappa shape index (κ3) is 4.40. The number of carbonyl (C=O) groups is 2. The fraction of sp³-hybridized carbons (Fsp3) is 0.154. The number of carbonyl (C=O) groups excluding carboxylic acids is 2. The highest BCUT2D eigenvalue weighted by molar-refractivity contribution is 6.09. The van der Waals surface area contributed by atoms with Gasteiger partial charge in [0.1, 0.15) is 5.82 Å². The number of aliphatic hydroxyl groups excluding tert-OH is 1. The fourth-order valence-electron chi connectivity index (χ4n) is 3.94. The number of nitrogens with zero attached hydrogens (tertiary/aromatic N) is 1. The Bertz CT molecular complexity index is 1130. The van der Waals surface area contributed by atoms with Gasteiger partial charge in [0, 0.05) is 13.0 Å². The number of Topliss-reactive ketones (excluding diaryl/α,β-unsaturated/α-hetero) is 1. The lowest BCUT2D eigenvalue weighted by Crippen LogP contribution is -2.30. The Balaban J connectivity index is 1.67. The van der Waals surface area contributed by atoms with Crippen LogP contribution in [0.3, 0.4) is 0 Å². The molecule has 1 aliphatic heterocycles. The van der Waals surface area contributed by atoms with Gasteiger partial charge in [-0.05, 0) is 35.2 Å². The maximum atomic E-state index is 14.0. The van der Waals surface area contributed by atoms with Gasteiger partial charge in [-0.3, -0.25) is 9.59 Å². The summed E-state index contributed by atoms with van der Waals surface area (Å²) in [6, 6.07) is 23.8. The van der Waals surface area contributed by atoms with Crippen molar-refractivity contribution >= 4 is 11.7 Å². The van der Waals surface area contributed by atoms with Crippen LogP contribution in [0.5, 0.6) is 0 Å². The van der Waals surface area contributed by atoms with E-state index in [2.05, 4.69) is 0 Å². The second-order valence-corrected chi connectivity index (χ2v) is 7.55. The van der Waals surface area contributed by atoms with Gasteiger partial charge in [0.15, 0.2) is 11.5 Å². The summed E-state index contributed by atoms with van der Waals surface area (Å²) in [5.74, 6) is -1.96. The van der Waals surface area contributed by atoms with Gasteiger partial charge in [0.25, 0.3) is 5.91 Å². The highest BCUT2D eigenvalue weighted by Gasteiger charge is 2.43. The molecule has 1 unspecified atom stereocenters. The summed E-state index contributed by atoms with van der Waals surface area (Å²) in [4.78, 5) is 27.5. The molecular weight excluding hydrogens is 393 g/mol. The van der Waals surface area contributed by atoms with E-state index in [9.17, 15) is 19.1 Å². The van der Waals surface area contributed by atoms with Crippen LogP contribution in [0, 0.1) is 5.82 Å². The van der Waals surface area contributed by atoms with Crippen LogP contribution in [0.15, 0.2) is 96.3 Å². The molecule has 0 radical (unpaired) electrons. The molecule has 3 aromatic carbocycles. The number of amides is 1. The van der Waals surface area contributed by atoms with E-state index >= 15 is 0 Å². The van der Waals surface area contributed by atoms with Crippen molar-refractivity contribution in [2.75, 3.05) is 0 Å². The van der Waals surface area contributed by atoms with Gasteiger partial charge >= 0.3 is 0 Å². The first kappa shape index (κ1) is 20.5. The first-order valence-corrected chi connectivity index (χ1v) is 10.1. The molecule has 1 atom stereocenters. The maximum absolute atomic E-state index is 14.0. The van der Waals surface area contributed by atoms with Crippen molar-refractivity contribution in [1.29, 1.82) is 0 Å². The number of halogens is 1. The minimum Gasteiger partial charge on any atom is -0.503 e. The van der Waals surface area contributed by atoms with Crippen molar-refractivity contribution in [3.05, 3.63) is 119 Å². The van der Waals surface area contributed by atoms with E-state index in [-0.39, 0.29) is 24.3 Å². The Hall–Kier alpha value is -3.73. The molecule has 1 aliphatic rings. The van der Waals surface area contributed by atoms with E-state index in [4.69, 9.17) is 0 Å². The van der Waals surface area contributed by atoms with Crippen LogP contribution < -0.4 is 0 Å². The van der Waals surface area contributed by atoms with E-state index in [1.807, 2.05) is 60.7 Å². The summed E-state index contributed by atoms with van der Waals surface area (Å²) in [6.07, 6.45) is 0.626. The van der Waals surface area contributed by atoms with Gasteiger partial charge in [0.2, 0.25) is 0 Å². The lowest BCUT2D eigenvalue weighted by Gasteiger charge is -2.27. The average molecular weight is 415 g/mol. The zero-order valence-electron chi connectivity index (χ0n) is 16.9. The Labute approximate surface area is 180 Å². The second-order valence-electron chi connectivity index (χ2n) is 7.55. The highest BCUT2D eigenvalue weighted by Crippen LogP contribution is 2.39. The summed E-state index contributed by atoms with van der Waals surface area (Å²) >= 11 is 0. The zero-order valence-corrected chi connectivity index (χ0v) is 16.9. The van der Waals surface area contributed by atoms with Gasteiger partial charge in [-0.25, -0.2) is 4.39 Å². The Kier molecular flexibility index (Phi) is 5.94. The van der Waals surface area contributed by atoms with E-state index in [1.54, 1.807) is 6.07 Å². The molecule has 0 saturated heterocycles. The normalized spacial score (nSPS) is 16.1. The molecule has 156 valence electrons. The van der Waals surface area contributed by atoms with Crippen LogP contribution in [-0.4, -0.2) is 21.7 Å². The number of ketones is 1. The third-order valence-corrected chi connectivity index (χ3v) is 5.45. The van der Waals surface area contributed by atoms with Gasteiger partial charge in [0.05, 0.1) is 11.6 Å². The molecule has 0 aliphatic carbocycles. The zero-order chi connectivity index (χ0) is 21.8. The molecule has 0 fully saturated rings. The summed E-state index contributed by atoms with van der Waals surface area (Å²) in [5, 5.41) is 10.6. The molecule has 31 heavy (non-hydrogen) atoms. The van der Waals surface area contributed by atoms with Crippen molar-refractivity contribution in [1.82, 2.24) is 4.90 Å². The van der Waals surface area contributed by atoms with Gasteiger partial charge in [-0.2, -0.15) is 0 Å². The summed E-state index contributed by atoms with van der Waals surface area (Å²) in [7, 11) is 0. The quantitative estimate of drug-likeness (QED) is 0.596. The van der Waals surface area contributed by atoms with Crippen molar-refractivity contribution in [2.45, 2.75) is 25.4 Å². The van der Waals surface area contributed by atoms with Crippen molar-refractivity contribution in [3.63, 3.8) is 0 Å². The van der Waals surface area contributed by atoms with Crippen LogP contribution in [0.4, 0.5) is 4.39 Å². The van der Waals surface area contributed by atoms with Crippen LogP contribution in [-0.2, 0) is 22.6 Å². The van der Waals surface area contributed by atoms with Crippen LogP contribution in [0.25, 0.3) is 0 Å². The predicted molar refractivity (Wildman–Crippen MR) is 116 cm³/mol. The average Bonchev–Trinajstić information content (AvgIpc) is 3.04. The number of aliphatic hydroxyl groups is 1. The molecular formula is C26H22FNO3. The summed E-state index contributed by atoms with van der Waals surface area (Å²) in [6.45, 7) is 0.195. The number of benzene rings is 3. The smallest absolute Gasteiger partial charge is 0.290 e. The molecule has 3 aromatic rings. The van der Waals surface area contributed by atoms with Crippen molar-refractivity contribution in [2.24, 2.45) is 0 Å².